The number of nitrogens with zero attached hydrogens (tertiary/aromatic N) is 2. The molecule has 2 rings (SSSR count). The average Bonchev–Trinajstić information content (AvgIpc) is 2.79. The van der Waals surface area contributed by atoms with Crippen molar-refractivity contribution in [2.75, 3.05) is 6.61 Å². The molecule has 0 atom stereocenters. The molecule has 4 nitrogen and oxygen atoms in total. The first-order valence-electron chi connectivity index (χ1n) is 6.07. The highest BCUT2D eigenvalue weighted by molar-refractivity contribution is 5.39. The average molecular weight is 245 g/mol. The number of nitrogens with two attached hydrogens (primary N) is 1. The Morgan fingerprint density at radius 2 is 1.94 bits per heavy atom. The minimum Gasteiger partial charge on any atom is -0.494 e. The highest BCUT2D eigenvalue weighted by atomic mass is 16.5. The standard InChI is InChI=1S/C14H19N3O/c1-4-18-12-7-5-11(6-8-12)17-10-16-9-13(17)14(2,3)15/h5-10H,4,15H2,1-3H3. The molecule has 1 aromatic carbocycles. The van der Waals surface area contributed by atoms with E-state index >= 15 is 0 Å². The Balaban J connectivity index is 2.35. The predicted molar refractivity (Wildman–Crippen MR) is 71.9 cm³/mol. The van der Waals surface area contributed by atoms with Crippen molar-refractivity contribution in [2.45, 2.75) is 26.3 Å². The van der Waals surface area contributed by atoms with E-state index in [2.05, 4.69) is 4.98 Å². The Morgan fingerprint density at radius 3 is 2.50 bits per heavy atom. The molecule has 0 radical (unpaired) electrons. The summed E-state index contributed by atoms with van der Waals surface area (Å²) in [6.07, 6.45) is 3.58. The van der Waals surface area contributed by atoms with E-state index in [4.69, 9.17) is 10.5 Å². The Kier molecular flexibility index (Phi) is 3.39. The lowest BCUT2D eigenvalue weighted by molar-refractivity contribution is 0.340. The summed E-state index contributed by atoms with van der Waals surface area (Å²) in [7, 11) is 0. The zero-order chi connectivity index (χ0) is 13.2. The fourth-order valence-electron chi connectivity index (χ4n) is 1.85. The van der Waals surface area contributed by atoms with Crippen LogP contribution in [0, 0.1) is 0 Å². The van der Waals surface area contributed by atoms with E-state index in [1.165, 1.54) is 0 Å². The van der Waals surface area contributed by atoms with Crippen LogP contribution in [0.2, 0.25) is 0 Å². The largest absolute Gasteiger partial charge is 0.494 e. The first kappa shape index (κ1) is 12.6. The zero-order valence-electron chi connectivity index (χ0n) is 11.1. The summed E-state index contributed by atoms with van der Waals surface area (Å²) in [5.74, 6) is 0.870. The van der Waals surface area contributed by atoms with Crippen LogP contribution in [-0.2, 0) is 5.54 Å². The van der Waals surface area contributed by atoms with Gasteiger partial charge in [0.2, 0.25) is 0 Å². The van der Waals surface area contributed by atoms with Gasteiger partial charge >= 0.3 is 0 Å². The Morgan fingerprint density at radius 1 is 1.28 bits per heavy atom. The molecular formula is C14H19N3O. The highest BCUT2D eigenvalue weighted by Gasteiger charge is 2.19. The van der Waals surface area contributed by atoms with E-state index in [0.717, 1.165) is 17.1 Å². The van der Waals surface area contributed by atoms with Gasteiger partial charge in [0, 0.05) is 5.69 Å². The van der Waals surface area contributed by atoms with Crippen molar-refractivity contribution in [3.8, 4) is 11.4 Å². The van der Waals surface area contributed by atoms with Crippen LogP contribution in [0.25, 0.3) is 5.69 Å². The summed E-state index contributed by atoms with van der Waals surface area (Å²) in [6, 6.07) is 7.90. The van der Waals surface area contributed by atoms with Crippen LogP contribution >= 0.6 is 0 Å². The van der Waals surface area contributed by atoms with Crippen molar-refractivity contribution in [1.82, 2.24) is 9.55 Å². The van der Waals surface area contributed by atoms with E-state index < -0.39 is 5.54 Å². The first-order chi connectivity index (χ1) is 8.52. The van der Waals surface area contributed by atoms with Gasteiger partial charge in [-0.1, -0.05) is 0 Å². The fourth-order valence-corrected chi connectivity index (χ4v) is 1.85. The van der Waals surface area contributed by atoms with E-state index in [0.29, 0.717) is 6.61 Å². The summed E-state index contributed by atoms with van der Waals surface area (Å²) in [6.45, 7) is 6.58. The number of benzene rings is 1. The van der Waals surface area contributed by atoms with Crippen LogP contribution in [0.5, 0.6) is 5.75 Å². The molecule has 96 valence electrons. The molecule has 0 amide bonds. The molecule has 1 aromatic heterocycles. The van der Waals surface area contributed by atoms with Gasteiger partial charge < -0.3 is 15.0 Å². The minimum absolute atomic E-state index is 0.422. The second kappa shape index (κ2) is 4.82. The molecule has 2 aromatic rings. The van der Waals surface area contributed by atoms with Crippen LogP contribution in [0.3, 0.4) is 0 Å². The topological polar surface area (TPSA) is 53.1 Å². The van der Waals surface area contributed by atoms with Crippen molar-refractivity contribution in [1.29, 1.82) is 0 Å². The van der Waals surface area contributed by atoms with Crippen LogP contribution in [0.15, 0.2) is 36.8 Å². The van der Waals surface area contributed by atoms with E-state index in [9.17, 15) is 0 Å². The van der Waals surface area contributed by atoms with Crippen LogP contribution in [-0.4, -0.2) is 16.2 Å². The smallest absolute Gasteiger partial charge is 0.119 e. The lowest BCUT2D eigenvalue weighted by atomic mass is 10.0. The third kappa shape index (κ3) is 2.54. The second-order valence-corrected chi connectivity index (χ2v) is 4.80. The molecular weight excluding hydrogens is 226 g/mol. The molecule has 18 heavy (non-hydrogen) atoms. The zero-order valence-corrected chi connectivity index (χ0v) is 11.1. The number of ether oxygens (including phenoxy) is 1. The molecule has 0 spiro atoms. The Bertz CT molecular complexity index is 509. The number of imidazole rings is 1. The molecule has 0 saturated carbocycles. The third-order valence-electron chi connectivity index (χ3n) is 2.72. The van der Waals surface area contributed by atoms with Crippen LogP contribution < -0.4 is 10.5 Å². The molecule has 0 fully saturated rings. The minimum atomic E-state index is -0.422. The monoisotopic (exact) mass is 245 g/mol. The summed E-state index contributed by atoms with van der Waals surface area (Å²) in [5, 5.41) is 0. The summed E-state index contributed by atoms with van der Waals surface area (Å²) < 4.78 is 7.42. The highest BCUT2D eigenvalue weighted by Crippen LogP contribution is 2.22. The second-order valence-electron chi connectivity index (χ2n) is 4.80. The number of rotatable bonds is 4. The fraction of sp³-hybridized carbons (Fsp3) is 0.357. The van der Waals surface area contributed by atoms with Crippen molar-refractivity contribution < 1.29 is 4.74 Å². The number of aromatic nitrogens is 2. The Hall–Kier alpha value is -1.81. The van der Waals surface area contributed by atoms with Gasteiger partial charge in [-0.2, -0.15) is 0 Å². The lowest BCUT2D eigenvalue weighted by Crippen LogP contribution is -2.31. The third-order valence-corrected chi connectivity index (χ3v) is 2.72. The van der Waals surface area contributed by atoms with Crippen molar-refractivity contribution in [3.05, 3.63) is 42.5 Å². The van der Waals surface area contributed by atoms with Gasteiger partial charge in [-0.25, -0.2) is 4.98 Å². The summed E-state index contributed by atoms with van der Waals surface area (Å²) in [5.41, 5.74) is 7.72. The molecule has 1 heterocycles. The van der Waals surface area contributed by atoms with E-state index in [1.807, 2.05) is 49.6 Å². The van der Waals surface area contributed by atoms with Crippen LogP contribution in [0.4, 0.5) is 0 Å². The molecule has 0 saturated heterocycles. The van der Waals surface area contributed by atoms with Gasteiger partial charge in [0.25, 0.3) is 0 Å². The molecule has 0 bridgehead atoms. The molecule has 0 unspecified atom stereocenters. The SMILES string of the molecule is CCOc1ccc(-n2cncc2C(C)(C)N)cc1. The molecule has 2 N–H and O–H groups in total. The van der Waals surface area contributed by atoms with Gasteiger partial charge in [-0.05, 0) is 45.0 Å². The van der Waals surface area contributed by atoms with Crippen molar-refractivity contribution in [2.24, 2.45) is 5.73 Å². The van der Waals surface area contributed by atoms with Gasteiger partial charge in [-0.15, -0.1) is 0 Å². The van der Waals surface area contributed by atoms with Crippen molar-refractivity contribution >= 4 is 0 Å². The number of hydrogen-bond acceptors (Lipinski definition) is 3. The molecule has 4 heteroatoms. The van der Waals surface area contributed by atoms with Gasteiger partial charge in [0.05, 0.1) is 30.4 Å². The van der Waals surface area contributed by atoms with Gasteiger partial charge in [0.15, 0.2) is 0 Å². The summed E-state index contributed by atoms with van der Waals surface area (Å²) >= 11 is 0. The molecule has 0 aliphatic heterocycles. The maximum Gasteiger partial charge on any atom is 0.119 e. The van der Waals surface area contributed by atoms with Crippen LogP contribution in [0.1, 0.15) is 26.5 Å². The van der Waals surface area contributed by atoms with Gasteiger partial charge in [0.1, 0.15) is 5.75 Å². The molecule has 0 aliphatic carbocycles. The maximum absolute atomic E-state index is 6.13. The van der Waals surface area contributed by atoms with Crippen molar-refractivity contribution in [3.63, 3.8) is 0 Å². The maximum atomic E-state index is 6.13. The molecule has 0 aliphatic rings. The normalized spacial score (nSPS) is 11.6. The Labute approximate surface area is 107 Å². The van der Waals surface area contributed by atoms with E-state index in [-0.39, 0.29) is 0 Å². The van der Waals surface area contributed by atoms with E-state index in [1.54, 1.807) is 12.5 Å². The first-order valence-corrected chi connectivity index (χ1v) is 6.07. The predicted octanol–water partition coefficient (Wildman–Crippen LogP) is 2.46. The number of hydrogen-bond donors (Lipinski definition) is 1. The van der Waals surface area contributed by atoms with Gasteiger partial charge in [-0.3, -0.25) is 0 Å². The quantitative estimate of drug-likeness (QED) is 0.900. The summed E-state index contributed by atoms with van der Waals surface area (Å²) in [4.78, 5) is 4.18. The lowest BCUT2D eigenvalue weighted by Gasteiger charge is -2.20.